The second-order valence-electron chi connectivity index (χ2n) is 4.21. The van der Waals surface area contributed by atoms with Gasteiger partial charge in [-0.15, -0.1) is 0 Å². The third-order valence-electron chi connectivity index (χ3n) is 3.21. The van der Waals surface area contributed by atoms with Gasteiger partial charge in [0.05, 0.1) is 0 Å². The van der Waals surface area contributed by atoms with Crippen LogP contribution in [0, 0.1) is 0 Å². The first-order chi connectivity index (χ1) is 8.81. The molecule has 0 heterocycles. The molecule has 1 aliphatic carbocycles. The van der Waals surface area contributed by atoms with E-state index in [0.717, 1.165) is 22.3 Å². The van der Waals surface area contributed by atoms with E-state index < -0.39 is 6.09 Å². The average Bonchev–Trinajstić information content (AvgIpc) is 2.74. The van der Waals surface area contributed by atoms with Crippen LogP contribution in [0.3, 0.4) is 0 Å². The molecule has 90 valence electrons. The van der Waals surface area contributed by atoms with E-state index in [1.165, 1.54) is 0 Å². The molecule has 1 amide bonds. The number of rotatable bonds is 1. The van der Waals surface area contributed by atoms with E-state index in [1.807, 2.05) is 36.4 Å². The summed E-state index contributed by atoms with van der Waals surface area (Å²) < 4.78 is 5.46. The minimum absolute atomic E-state index is 0.308. The molecule has 0 unspecified atom stereocenters. The smallest absolute Gasteiger partial charge is 0.407 e. The first-order valence-electron chi connectivity index (χ1n) is 5.88. The second kappa shape index (κ2) is 4.18. The summed E-state index contributed by atoms with van der Waals surface area (Å²) in [6, 6.07) is 16.0. The Labute approximate surface area is 105 Å². The van der Waals surface area contributed by atoms with Crippen molar-refractivity contribution in [3.8, 4) is 11.1 Å². The van der Waals surface area contributed by atoms with E-state index in [9.17, 15) is 4.79 Å². The predicted octanol–water partition coefficient (Wildman–Crippen LogP) is 3.11. The van der Waals surface area contributed by atoms with Gasteiger partial charge in [-0.3, -0.25) is 0 Å². The molecule has 3 heteroatoms. The number of carbonyl (C=O) groups is 1. The quantitative estimate of drug-likeness (QED) is 0.830. The van der Waals surface area contributed by atoms with Gasteiger partial charge in [-0.1, -0.05) is 48.5 Å². The first kappa shape index (κ1) is 10.8. The zero-order chi connectivity index (χ0) is 12.5. The highest BCUT2D eigenvalue weighted by Crippen LogP contribution is 2.44. The summed E-state index contributed by atoms with van der Waals surface area (Å²) in [5, 5.41) is 2.49. The average molecular weight is 239 g/mol. The maximum atomic E-state index is 11.5. The lowest BCUT2D eigenvalue weighted by Gasteiger charge is -2.14. The van der Waals surface area contributed by atoms with Crippen molar-refractivity contribution in [3.05, 3.63) is 59.7 Å². The van der Waals surface area contributed by atoms with Crippen molar-refractivity contribution in [2.75, 3.05) is 7.05 Å². The molecule has 1 N–H and O–H groups in total. The third-order valence-corrected chi connectivity index (χ3v) is 3.21. The molecule has 18 heavy (non-hydrogen) atoms. The molecular weight excluding hydrogens is 226 g/mol. The van der Waals surface area contributed by atoms with Gasteiger partial charge >= 0.3 is 6.09 Å². The number of amides is 1. The molecular formula is C15H13NO2. The van der Waals surface area contributed by atoms with Crippen molar-refractivity contribution in [3.63, 3.8) is 0 Å². The van der Waals surface area contributed by atoms with Crippen molar-refractivity contribution in [2.45, 2.75) is 6.10 Å². The van der Waals surface area contributed by atoms with Crippen molar-refractivity contribution < 1.29 is 9.53 Å². The molecule has 1 aliphatic rings. The number of hydrogen-bond donors (Lipinski definition) is 1. The Bertz CT molecular complexity index is 561. The normalized spacial score (nSPS) is 12.7. The Balaban J connectivity index is 2.12. The Kier molecular flexibility index (Phi) is 2.52. The van der Waals surface area contributed by atoms with E-state index in [2.05, 4.69) is 17.4 Å². The van der Waals surface area contributed by atoms with Crippen LogP contribution in [0.15, 0.2) is 48.5 Å². The van der Waals surface area contributed by atoms with Gasteiger partial charge in [0.2, 0.25) is 0 Å². The first-order valence-corrected chi connectivity index (χ1v) is 5.88. The summed E-state index contributed by atoms with van der Waals surface area (Å²) in [5.41, 5.74) is 4.37. The maximum Gasteiger partial charge on any atom is 0.407 e. The number of fused-ring (bicyclic) bond motifs is 3. The molecule has 0 fully saturated rings. The number of carbonyl (C=O) groups excluding carboxylic acids is 1. The van der Waals surface area contributed by atoms with Crippen LogP contribution in [0.25, 0.3) is 11.1 Å². The summed E-state index contributed by atoms with van der Waals surface area (Å²) in [7, 11) is 1.56. The van der Waals surface area contributed by atoms with Crippen LogP contribution < -0.4 is 5.32 Å². The molecule has 0 atom stereocenters. The van der Waals surface area contributed by atoms with E-state index in [0.29, 0.717) is 0 Å². The highest BCUT2D eigenvalue weighted by Gasteiger charge is 2.30. The fourth-order valence-corrected chi connectivity index (χ4v) is 2.40. The topological polar surface area (TPSA) is 38.3 Å². The van der Waals surface area contributed by atoms with Gasteiger partial charge in [-0.2, -0.15) is 0 Å². The van der Waals surface area contributed by atoms with Gasteiger partial charge in [-0.05, 0) is 11.1 Å². The molecule has 2 aromatic carbocycles. The standard InChI is InChI=1S/C15H13NO2/c1-16-15(17)18-14-12-8-4-2-6-10(12)11-7-3-5-9-13(11)14/h2-9,14H,1H3,(H,16,17). The van der Waals surface area contributed by atoms with Crippen LogP contribution in [0.1, 0.15) is 17.2 Å². The molecule has 0 aromatic heterocycles. The number of hydrogen-bond acceptors (Lipinski definition) is 2. The Morgan fingerprint density at radius 1 is 1.00 bits per heavy atom. The van der Waals surface area contributed by atoms with E-state index in [1.54, 1.807) is 7.05 Å². The summed E-state index contributed by atoms with van der Waals surface area (Å²) in [4.78, 5) is 11.5. The zero-order valence-corrected chi connectivity index (χ0v) is 10.0. The maximum absolute atomic E-state index is 11.5. The lowest BCUT2D eigenvalue weighted by atomic mass is 10.1. The van der Waals surface area contributed by atoms with Crippen molar-refractivity contribution in [1.29, 1.82) is 0 Å². The second-order valence-corrected chi connectivity index (χ2v) is 4.21. The van der Waals surface area contributed by atoms with Gasteiger partial charge in [0.25, 0.3) is 0 Å². The van der Waals surface area contributed by atoms with Gasteiger partial charge in [0.15, 0.2) is 6.10 Å². The minimum atomic E-state index is -0.411. The molecule has 2 aromatic rings. The molecule has 0 saturated carbocycles. The third kappa shape index (κ3) is 1.56. The fraction of sp³-hybridized carbons (Fsp3) is 0.133. The number of nitrogens with one attached hydrogen (secondary N) is 1. The molecule has 0 bridgehead atoms. The summed E-state index contributed by atoms with van der Waals surface area (Å²) in [6.45, 7) is 0. The lowest BCUT2D eigenvalue weighted by molar-refractivity contribution is 0.120. The van der Waals surface area contributed by atoms with Gasteiger partial charge in [0, 0.05) is 18.2 Å². The largest absolute Gasteiger partial charge is 0.436 e. The van der Waals surface area contributed by atoms with Crippen LogP contribution in [-0.2, 0) is 4.74 Å². The molecule has 0 spiro atoms. The van der Waals surface area contributed by atoms with Crippen LogP contribution in [-0.4, -0.2) is 13.1 Å². The van der Waals surface area contributed by atoms with E-state index >= 15 is 0 Å². The van der Waals surface area contributed by atoms with Crippen LogP contribution in [0.2, 0.25) is 0 Å². The predicted molar refractivity (Wildman–Crippen MR) is 69.3 cm³/mol. The Morgan fingerprint density at radius 2 is 1.50 bits per heavy atom. The summed E-state index contributed by atoms with van der Waals surface area (Å²) in [5.74, 6) is 0. The molecule has 0 radical (unpaired) electrons. The Hall–Kier alpha value is -2.29. The molecule has 0 saturated heterocycles. The Morgan fingerprint density at radius 3 is 2.00 bits per heavy atom. The van der Waals surface area contributed by atoms with Crippen molar-refractivity contribution >= 4 is 6.09 Å². The van der Waals surface area contributed by atoms with E-state index in [4.69, 9.17) is 4.74 Å². The van der Waals surface area contributed by atoms with Crippen molar-refractivity contribution in [1.82, 2.24) is 5.32 Å². The summed E-state index contributed by atoms with van der Waals surface area (Å²) in [6.07, 6.45) is -0.719. The van der Waals surface area contributed by atoms with Gasteiger partial charge in [-0.25, -0.2) is 4.79 Å². The molecule has 3 nitrogen and oxygen atoms in total. The van der Waals surface area contributed by atoms with Crippen LogP contribution in [0.4, 0.5) is 4.79 Å². The zero-order valence-electron chi connectivity index (χ0n) is 10.0. The fourth-order valence-electron chi connectivity index (χ4n) is 2.40. The van der Waals surface area contributed by atoms with Crippen LogP contribution in [0.5, 0.6) is 0 Å². The number of benzene rings is 2. The van der Waals surface area contributed by atoms with E-state index in [-0.39, 0.29) is 6.10 Å². The monoisotopic (exact) mass is 239 g/mol. The molecule has 3 rings (SSSR count). The number of alkyl carbamates (subject to hydrolysis) is 1. The highest BCUT2D eigenvalue weighted by atomic mass is 16.6. The number of ether oxygens (including phenoxy) is 1. The van der Waals surface area contributed by atoms with Gasteiger partial charge < -0.3 is 10.1 Å². The summed E-state index contributed by atoms with van der Waals surface area (Å²) >= 11 is 0. The van der Waals surface area contributed by atoms with Crippen LogP contribution >= 0.6 is 0 Å². The van der Waals surface area contributed by atoms with Crippen molar-refractivity contribution in [2.24, 2.45) is 0 Å². The lowest BCUT2D eigenvalue weighted by Crippen LogP contribution is -2.21. The minimum Gasteiger partial charge on any atom is -0.436 e. The molecule has 0 aliphatic heterocycles. The highest BCUT2D eigenvalue weighted by molar-refractivity contribution is 5.79. The van der Waals surface area contributed by atoms with Gasteiger partial charge in [0.1, 0.15) is 0 Å². The SMILES string of the molecule is CNC(=O)OC1c2ccccc2-c2ccccc21.